The summed E-state index contributed by atoms with van der Waals surface area (Å²) < 4.78 is 26.1. The van der Waals surface area contributed by atoms with Gasteiger partial charge in [0, 0.05) is 16.8 Å². The molecule has 0 unspecified atom stereocenters. The fourth-order valence-corrected chi connectivity index (χ4v) is 2.53. The average molecular weight is 294 g/mol. The third-order valence-electron chi connectivity index (χ3n) is 1.67. The Bertz CT molecular complexity index is 419. The largest absolute Gasteiger partial charge is 0.396 e. The number of rotatable bonds is 5. The first-order valence-electron chi connectivity index (χ1n) is 4.40. The summed E-state index contributed by atoms with van der Waals surface area (Å²) in [5.41, 5.74) is 0.516. The molecule has 0 saturated heterocycles. The van der Waals surface area contributed by atoms with Crippen molar-refractivity contribution in [3.05, 3.63) is 28.7 Å². The van der Waals surface area contributed by atoms with Gasteiger partial charge in [-0.25, -0.2) is 8.42 Å². The summed E-state index contributed by atoms with van der Waals surface area (Å²) in [7, 11) is -3.34. The highest BCUT2D eigenvalue weighted by Gasteiger charge is 2.09. The molecule has 15 heavy (non-hydrogen) atoms. The van der Waals surface area contributed by atoms with Crippen LogP contribution in [-0.2, 0) is 10.0 Å². The third kappa shape index (κ3) is 4.63. The van der Waals surface area contributed by atoms with Gasteiger partial charge in [0.15, 0.2) is 0 Å². The number of nitrogens with one attached hydrogen (secondary N) is 1. The van der Waals surface area contributed by atoms with Crippen molar-refractivity contribution in [2.24, 2.45) is 0 Å². The Morgan fingerprint density at radius 1 is 1.40 bits per heavy atom. The molecule has 1 aromatic carbocycles. The van der Waals surface area contributed by atoms with Gasteiger partial charge in [0.05, 0.1) is 5.75 Å². The standard InChI is InChI=1S/C9H12BrNO3S/c10-8-3-1-4-9(7-8)11-15(13,14)6-2-5-12/h1,3-4,7,11-12H,2,5-6H2. The fourth-order valence-electron chi connectivity index (χ4n) is 1.04. The number of aliphatic hydroxyl groups excluding tert-OH is 1. The van der Waals surface area contributed by atoms with Crippen molar-refractivity contribution in [3.8, 4) is 0 Å². The average Bonchev–Trinajstić information content (AvgIpc) is 2.14. The van der Waals surface area contributed by atoms with Gasteiger partial charge in [-0.1, -0.05) is 22.0 Å². The first kappa shape index (κ1) is 12.5. The molecule has 6 heteroatoms. The van der Waals surface area contributed by atoms with Gasteiger partial charge in [0.1, 0.15) is 0 Å². The second-order valence-corrected chi connectivity index (χ2v) is 5.77. The second kappa shape index (κ2) is 5.48. The summed E-state index contributed by atoms with van der Waals surface area (Å²) in [5, 5.41) is 8.54. The van der Waals surface area contributed by atoms with E-state index in [4.69, 9.17) is 5.11 Å². The minimum Gasteiger partial charge on any atom is -0.396 e. The van der Waals surface area contributed by atoms with Crippen LogP contribution in [0.4, 0.5) is 5.69 Å². The van der Waals surface area contributed by atoms with Crippen molar-refractivity contribution >= 4 is 31.6 Å². The van der Waals surface area contributed by atoms with Crippen molar-refractivity contribution in [1.29, 1.82) is 0 Å². The second-order valence-electron chi connectivity index (χ2n) is 3.01. The molecule has 0 atom stereocenters. The molecule has 0 radical (unpaired) electrons. The van der Waals surface area contributed by atoms with Crippen LogP contribution >= 0.6 is 15.9 Å². The van der Waals surface area contributed by atoms with Crippen LogP contribution in [0.15, 0.2) is 28.7 Å². The van der Waals surface area contributed by atoms with Crippen LogP contribution in [0.5, 0.6) is 0 Å². The summed E-state index contributed by atoms with van der Waals surface area (Å²) in [6, 6.07) is 6.90. The van der Waals surface area contributed by atoms with Gasteiger partial charge in [0.25, 0.3) is 0 Å². The Hall–Kier alpha value is -0.590. The van der Waals surface area contributed by atoms with E-state index >= 15 is 0 Å². The smallest absolute Gasteiger partial charge is 0.232 e. The van der Waals surface area contributed by atoms with Gasteiger partial charge < -0.3 is 5.11 Å². The maximum absolute atomic E-state index is 11.4. The number of aliphatic hydroxyl groups is 1. The normalized spacial score (nSPS) is 11.3. The number of hydrogen-bond acceptors (Lipinski definition) is 3. The Morgan fingerprint density at radius 3 is 2.73 bits per heavy atom. The van der Waals surface area contributed by atoms with E-state index in [1.54, 1.807) is 18.2 Å². The van der Waals surface area contributed by atoms with E-state index in [2.05, 4.69) is 20.7 Å². The van der Waals surface area contributed by atoms with Crippen LogP contribution in [0.1, 0.15) is 6.42 Å². The van der Waals surface area contributed by atoms with Gasteiger partial charge in [0.2, 0.25) is 10.0 Å². The lowest BCUT2D eigenvalue weighted by Gasteiger charge is -2.07. The molecule has 0 fully saturated rings. The van der Waals surface area contributed by atoms with Crippen molar-refractivity contribution in [1.82, 2.24) is 0 Å². The monoisotopic (exact) mass is 293 g/mol. The van der Waals surface area contributed by atoms with Crippen LogP contribution in [0.2, 0.25) is 0 Å². The number of benzene rings is 1. The van der Waals surface area contributed by atoms with E-state index in [-0.39, 0.29) is 18.8 Å². The number of sulfonamides is 1. The Labute approximate surface area is 97.5 Å². The highest BCUT2D eigenvalue weighted by molar-refractivity contribution is 9.10. The molecule has 0 aromatic heterocycles. The lowest BCUT2D eigenvalue weighted by atomic mass is 10.3. The quantitative estimate of drug-likeness (QED) is 0.866. The summed E-state index contributed by atoms with van der Waals surface area (Å²) in [4.78, 5) is 0. The van der Waals surface area contributed by atoms with E-state index in [0.717, 1.165) is 4.47 Å². The molecule has 1 aromatic rings. The Morgan fingerprint density at radius 2 is 2.13 bits per heavy atom. The summed E-state index contributed by atoms with van der Waals surface area (Å²) >= 11 is 3.25. The molecule has 2 N–H and O–H groups in total. The molecule has 4 nitrogen and oxygen atoms in total. The van der Waals surface area contributed by atoms with Crippen molar-refractivity contribution in [2.75, 3.05) is 17.1 Å². The molecule has 0 bridgehead atoms. The molecule has 0 spiro atoms. The van der Waals surface area contributed by atoms with E-state index in [0.29, 0.717) is 5.69 Å². The SMILES string of the molecule is O=S(=O)(CCCO)Nc1cccc(Br)c1. The Balaban J connectivity index is 2.69. The lowest BCUT2D eigenvalue weighted by Crippen LogP contribution is -2.17. The van der Waals surface area contributed by atoms with Gasteiger partial charge in [-0.05, 0) is 24.6 Å². The zero-order valence-corrected chi connectivity index (χ0v) is 10.4. The van der Waals surface area contributed by atoms with Gasteiger partial charge >= 0.3 is 0 Å². The van der Waals surface area contributed by atoms with Crippen LogP contribution < -0.4 is 4.72 Å². The topological polar surface area (TPSA) is 66.4 Å². The number of anilines is 1. The summed E-state index contributed by atoms with van der Waals surface area (Å²) in [5.74, 6) is -0.0734. The highest BCUT2D eigenvalue weighted by atomic mass is 79.9. The number of hydrogen-bond donors (Lipinski definition) is 2. The molecular formula is C9H12BrNO3S. The first-order chi connectivity index (χ1) is 7.03. The maximum atomic E-state index is 11.4. The zero-order valence-electron chi connectivity index (χ0n) is 7.98. The van der Waals surface area contributed by atoms with E-state index in [1.165, 1.54) is 0 Å². The van der Waals surface area contributed by atoms with Crippen LogP contribution in [0.3, 0.4) is 0 Å². The van der Waals surface area contributed by atoms with Crippen molar-refractivity contribution in [2.45, 2.75) is 6.42 Å². The van der Waals surface area contributed by atoms with E-state index in [1.807, 2.05) is 6.07 Å². The summed E-state index contributed by atoms with van der Waals surface area (Å²) in [6.07, 6.45) is 0.239. The third-order valence-corrected chi connectivity index (χ3v) is 3.54. The fraction of sp³-hybridized carbons (Fsp3) is 0.333. The Kier molecular flexibility index (Phi) is 4.56. The van der Waals surface area contributed by atoms with Crippen molar-refractivity contribution in [3.63, 3.8) is 0 Å². The summed E-state index contributed by atoms with van der Waals surface area (Å²) in [6.45, 7) is -0.126. The molecule has 1 rings (SSSR count). The molecule has 84 valence electrons. The molecular weight excluding hydrogens is 282 g/mol. The van der Waals surface area contributed by atoms with Gasteiger partial charge in [-0.3, -0.25) is 4.72 Å². The molecule has 0 aliphatic rings. The minimum absolute atomic E-state index is 0.0734. The molecule has 0 saturated carbocycles. The molecule has 0 aliphatic carbocycles. The predicted octanol–water partition coefficient (Wildman–Crippen LogP) is 1.57. The van der Waals surface area contributed by atoms with Crippen LogP contribution in [0.25, 0.3) is 0 Å². The first-order valence-corrected chi connectivity index (χ1v) is 6.85. The van der Waals surface area contributed by atoms with Gasteiger partial charge in [-0.2, -0.15) is 0 Å². The van der Waals surface area contributed by atoms with E-state index < -0.39 is 10.0 Å². The van der Waals surface area contributed by atoms with Crippen LogP contribution in [-0.4, -0.2) is 25.9 Å². The molecule has 0 amide bonds. The van der Waals surface area contributed by atoms with Gasteiger partial charge in [-0.15, -0.1) is 0 Å². The van der Waals surface area contributed by atoms with E-state index in [9.17, 15) is 8.42 Å². The molecule has 0 aliphatic heterocycles. The highest BCUT2D eigenvalue weighted by Crippen LogP contribution is 2.16. The van der Waals surface area contributed by atoms with Crippen molar-refractivity contribution < 1.29 is 13.5 Å². The van der Waals surface area contributed by atoms with Crippen LogP contribution in [0, 0.1) is 0 Å². The predicted molar refractivity (Wildman–Crippen MR) is 63.3 cm³/mol. The maximum Gasteiger partial charge on any atom is 0.232 e. The molecule has 0 heterocycles. The number of halogens is 1. The minimum atomic E-state index is -3.34. The zero-order chi connectivity index (χ0) is 11.3. The lowest BCUT2D eigenvalue weighted by molar-refractivity contribution is 0.295.